The number of carboxylic acid groups (broad SMARTS) is 1. The standard InChI is InChI=1S/C18H20N2O2.2C2H6/c1-6-7-13(3)17(19-5)10-14(4)20-16-9-12(2)8-15(11-16)18(21)22;2*1-2/h6-11,20H,3-5H2,1-2H3,(H,21,22);2*1-2H3/b7-6-,17-10-;;. The van der Waals surface area contributed by atoms with Crippen LogP contribution in [-0.4, -0.2) is 17.8 Å². The third-order valence-electron chi connectivity index (χ3n) is 2.81. The predicted octanol–water partition coefficient (Wildman–Crippen LogP) is 6.39. The van der Waals surface area contributed by atoms with Gasteiger partial charge in [-0.15, -0.1) is 0 Å². The maximum absolute atomic E-state index is 11.1. The summed E-state index contributed by atoms with van der Waals surface area (Å²) < 4.78 is 0. The van der Waals surface area contributed by atoms with E-state index in [1.54, 1.807) is 18.2 Å². The number of aryl methyl sites for hydroxylation is 1. The van der Waals surface area contributed by atoms with Crippen LogP contribution < -0.4 is 5.32 Å². The number of aliphatic imine (C=N–C) groups is 1. The van der Waals surface area contributed by atoms with Crippen molar-refractivity contribution in [1.82, 2.24) is 0 Å². The molecule has 0 saturated heterocycles. The minimum atomic E-state index is -0.970. The summed E-state index contributed by atoms with van der Waals surface area (Å²) in [5, 5.41) is 12.1. The first-order valence-corrected chi connectivity index (χ1v) is 8.68. The molecule has 4 heteroatoms. The van der Waals surface area contributed by atoms with Gasteiger partial charge in [-0.1, -0.05) is 53.0 Å². The van der Waals surface area contributed by atoms with Crippen LogP contribution in [0.15, 0.2) is 71.5 Å². The van der Waals surface area contributed by atoms with Crippen LogP contribution >= 0.6 is 0 Å². The van der Waals surface area contributed by atoms with Crippen LogP contribution in [-0.2, 0) is 0 Å². The van der Waals surface area contributed by atoms with Crippen molar-refractivity contribution < 1.29 is 9.90 Å². The Morgan fingerprint density at radius 1 is 1.15 bits per heavy atom. The van der Waals surface area contributed by atoms with Crippen molar-refractivity contribution in [3.05, 3.63) is 77.7 Å². The van der Waals surface area contributed by atoms with Gasteiger partial charge < -0.3 is 10.4 Å². The number of anilines is 1. The van der Waals surface area contributed by atoms with E-state index in [1.807, 2.05) is 59.8 Å². The monoisotopic (exact) mass is 356 g/mol. The summed E-state index contributed by atoms with van der Waals surface area (Å²) in [5.74, 6) is -0.970. The lowest BCUT2D eigenvalue weighted by molar-refractivity contribution is 0.0697. The lowest BCUT2D eigenvalue weighted by Gasteiger charge is -2.10. The molecule has 2 N–H and O–H groups in total. The van der Waals surface area contributed by atoms with Gasteiger partial charge in [0.15, 0.2) is 0 Å². The molecule has 0 saturated carbocycles. The van der Waals surface area contributed by atoms with Crippen LogP contribution in [0.2, 0.25) is 0 Å². The van der Waals surface area contributed by atoms with E-state index in [4.69, 9.17) is 5.11 Å². The van der Waals surface area contributed by atoms with E-state index in [2.05, 4.69) is 30.2 Å². The summed E-state index contributed by atoms with van der Waals surface area (Å²) >= 11 is 0. The fourth-order valence-corrected chi connectivity index (χ4v) is 1.89. The normalized spacial score (nSPS) is 10.0. The molecule has 0 aliphatic rings. The zero-order valence-corrected chi connectivity index (χ0v) is 16.9. The molecule has 0 spiro atoms. The van der Waals surface area contributed by atoms with E-state index in [-0.39, 0.29) is 5.56 Å². The molecule has 0 aromatic heterocycles. The second kappa shape index (κ2) is 14.5. The van der Waals surface area contributed by atoms with Crippen LogP contribution in [0.5, 0.6) is 0 Å². The smallest absolute Gasteiger partial charge is 0.335 e. The van der Waals surface area contributed by atoms with Crippen LogP contribution in [0, 0.1) is 6.92 Å². The van der Waals surface area contributed by atoms with Gasteiger partial charge in [-0.25, -0.2) is 4.79 Å². The van der Waals surface area contributed by atoms with Gasteiger partial charge >= 0.3 is 5.97 Å². The maximum Gasteiger partial charge on any atom is 0.335 e. The van der Waals surface area contributed by atoms with E-state index in [9.17, 15) is 4.79 Å². The molecule has 0 fully saturated rings. The Labute approximate surface area is 158 Å². The Hall–Kier alpha value is -2.88. The molecule has 0 radical (unpaired) electrons. The van der Waals surface area contributed by atoms with Gasteiger partial charge in [0.05, 0.1) is 11.3 Å². The lowest BCUT2D eigenvalue weighted by atomic mass is 10.1. The predicted molar refractivity (Wildman–Crippen MR) is 115 cm³/mol. The van der Waals surface area contributed by atoms with Crippen molar-refractivity contribution in [2.45, 2.75) is 41.5 Å². The van der Waals surface area contributed by atoms with Crippen LogP contribution in [0.25, 0.3) is 0 Å². The number of benzene rings is 1. The van der Waals surface area contributed by atoms with Gasteiger partial charge in [0.1, 0.15) is 0 Å². The quantitative estimate of drug-likeness (QED) is 0.439. The largest absolute Gasteiger partial charge is 0.478 e. The highest BCUT2D eigenvalue weighted by Crippen LogP contribution is 2.18. The number of nitrogens with one attached hydrogen (secondary N) is 1. The van der Waals surface area contributed by atoms with E-state index in [0.29, 0.717) is 17.1 Å². The lowest BCUT2D eigenvalue weighted by Crippen LogP contribution is -2.01. The van der Waals surface area contributed by atoms with Gasteiger partial charge in [0, 0.05) is 11.4 Å². The van der Waals surface area contributed by atoms with Crippen LogP contribution in [0.3, 0.4) is 0 Å². The zero-order valence-electron chi connectivity index (χ0n) is 16.9. The number of aromatic carboxylic acids is 1. The van der Waals surface area contributed by atoms with E-state index in [1.165, 1.54) is 0 Å². The minimum Gasteiger partial charge on any atom is -0.478 e. The first-order chi connectivity index (χ1) is 12.4. The SMILES string of the molecule is C=N/C(=C\C(=C)Nc1cc(C)cc(C(=O)O)c1)C(=C)/C=C\C.CC.CC. The highest BCUT2D eigenvalue weighted by atomic mass is 16.4. The number of rotatable bonds is 7. The number of carbonyl (C=O) groups is 1. The Balaban J connectivity index is 0. The van der Waals surface area contributed by atoms with Gasteiger partial charge in [0.2, 0.25) is 0 Å². The van der Waals surface area contributed by atoms with E-state index >= 15 is 0 Å². The Bertz CT molecular complexity index is 683. The second-order valence-electron chi connectivity index (χ2n) is 4.76. The van der Waals surface area contributed by atoms with Gasteiger partial charge in [-0.3, -0.25) is 4.99 Å². The summed E-state index contributed by atoms with van der Waals surface area (Å²) in [5.41, 5.74) is 3.60. The highest BCUT2D eigenvalue weighted by molar-refractivity contribution is 5.89. The fourth-order valence-electron chi connectivity index (χ4n) is 1.89. The van der Waals surface area contributed by atoms with Crippen molar-refractivity contribution in [3.8, 4) is 0 Å². The molecular formula is C22H32N2O2. The molecule has 0 atom stereocenters. The molecule has 26 heavy (non-hydrogen) atoms. The second-order valence-corrected chi connectivity index (χ2v) is 4.76. The first-order valence-electron chi connectivity index (χ1n) is 8.68. The molecule has 1 rings (SSSR count). The van der Waals surface area contributed by atoms with Crippen molar-refractivity contribution in [2.75, 3.05) is 5.32 Å². The van der Waals surface area contributed by atoms with E-state index in [0.717, 1.165) is 11.1 Å². The van der Waals surface area contributed by atoms with Crippen LogP contribution in [0.4, 0.5) is 5.69 Å². The van der Waals surface area contributed by atoms with Crippen molar-refractivity contribution in [2.24, 2.45) is 4.99 Å². The molecule has 4 nitrogen and oxygen atoms in total. The number of nitrogens with zero attached hydrogens (tertiary/aromatic N) is 1. The average Bonchev–Trinajstić information content (AvgIpc) is 2.62. The molecule has 1 aromatic carbocycles. The molecule has 0 bridgehead atoms. The third-order valence-corrected chi connectivity index (χ3v) is 2.81. The molecule has 0 unspecified atom stereocenters. The Morgan fingerprint density at radius 3 is 2.19 bits per heavy atom. The average molecular weight is 357 g/mol. The van der Waals surface area contributed by atoms with E-state index < -0.39 is 5.97 Å². The number of hydrogen-bond acceptors (Lipinski definition) is 3. The molecule has 142 valence electrons. The topological polar surface area (TPSA) is 61.7 Å². The maximum atomic E-state index is 11.1. The number of allylic oxidation sites excluding steroid dienone is 3. The summed E-state index contributed by atoms with van der Waals surface area (Å²) in [4.78, 5) is 15.0. The molecule has 0 amide bonds. The first kappa shape index (κ1) is 25.4. The minimum absolute atomic E-state index is 0.222. The summed E-state index contributed by atoms with van der Waals surface area (Å²) in [7, 11) is 0. The Morgan fingerprint density at radius 2 is 1.73 bits per heavy atom. The fraction of sp³-hybridized carbons (Fsp3) is 0.273. The molecule has 0 heterocycles. The van der Waals surface area contributed by atoms with Gasteiger partial charge in [-0.05, 0) is 56.0 Å². The van der Waals surface area contributed by atoms with Crippen molar-refractivity contribution >= 4 is 18.4 Å². The summed E-state index contributed by atoms with van der Waals surface area (Å²) in [6.07, 6.45) is 5.39. The van der Waals surface area contributed by atoms with Gasteiger partial charge in [-0.2, -0.15) is 0 Å². The third kappa shape index (κ3) is 9.42. The van der Waals surface area contributed by atoms with Crippen molar-refractivity contribution in [3.63, 3.8) is 0 Å². The van der Waals surface area contributed by atoms with Crippen molar-refractivity contribution in [1.29, 1.82) is 0 Å². The number of hydrogen-bond donors (Lipinski definition) is 2. The zero-order chi connectivity index (χ0) is 20.7. The molecule has 0 aliphatic carbocycles. The van der Waals surface area contributed by atoms with Gasteiger partial charge in [0.25, 0.3) is 0 Å². The molecular weight excluding hydrogens is 324 g/mol. The molecule has 1 aromatic rings. The molecule has 0 aliphatic heterocycles. The Kier molecular flexibility index (Phi) is 14.1. The summed E-state index contributed by atoms with van der Waals surface area (Å²) in [6.45, 7) is 23.0. The van der Waals surface area contributed by atoms with Crippen LogP contribution in [0.1, 0.15) is 50.5 Å². The summed E-state index contributed by atoms with van der Waals surface area (Å²) in [6, 6.07) is 5.00. The number of carboxylic acids is 1. The highest BCUT2D eigenvalue weighted by Gasteiger charge is 2.06.